The Morgan fingerprint density at radius 3 is 2.28 bits per heavy atom. The third-order valence-electron chi connectivity index (χ3n) is 6.89. The molecule has 0 spiro atoms. The monoisotopic (exact) mass is 607 g/mol. The molecule has 0 radical (unpaired) electrons. The number of hydrogen-bond donors (Lipinski definition) is 5. The highest BCUT2D eigenvalue weighted by Gasteiger charge is 2.35. The van der Waals surface area contributed by atoms with Crippen LogP contribution in [-0.2, 0) is 33.8 Å². The van der Waals surface area contributed by atoms with E-state index < -0.39 is 34.9 Å². The summed E-state index contributed by atoms with van der Waals surface area (Å²) in [6, 6.07) is 16.9. The van der Waals surface area contributed by atoms with Crippen molar-refractivity contribution in [2.24, 2.45) is 0 Å². The first-order chi connectivity index (χ1) is 20.5. The molecule has 1 amide bonds. The molecule has 4 rings (SSSR count). The number of benzene rings is 3. The molecule has 3 aromatic carbocycles. The molecule has 0 saturated heterocycles. The van der Waals surface area contributed by atoms with Gasteiger partial charge in [-0.1, -0.05) is 41.9 Å². The van der Waals surface area contributed by atoms with Crippen LogP contribution in [0.1, 0.15) is 34.7 Å². The van der Waals surface area contributed by atoms with Crippen molar-refractivity contribution in [1.29, 1.82) is 0 Å². The van der Waals surface area contributed by atoms with Gasteiger partial charge in [0.15, 0.2) is 5.82 Å². The first-order valence-electron chi connectivity index (χ1n) is 13.3. The van der Waals surface area contributed by atoms with E-state index in [1.165, 1.54) is 0 Å². The number of halogens is 1. The number of likely N-dealkylation sites (N-methyl/N-ethyl adjacent to an activating group) is 1. The Hall–Kier alpha value is -4.94. The minimum absolute atomic E-state index is 0.00185. The molecule has 224 valence electrons. The van der Waals surface area contributed by atoms with E-state index in [4.69, 9.17) is 16.7 Å². The van der Waals surface area contributed by atoms with E-state index in [-0.39, 0.29) is 18.7 Å². The van der Waals surface area contributed by atoms with Crippen molar-refractivity contribution < 1.29 is 29.5 Å². The molecule has 0 bridgehead atoms. The molecule has 2 atom stereocenters. The first-order valence-corrected chi connectivity index (χ1v) is 13.7. The van der Waals surface area contributed by atoms with E-state index in [0.29, 0.717) is 40.5 Å². The summed E-state index contributed by atoms with van der Waals surface area (Å²) in [5, 5.41) is 39.0. The van der Waals surface area contributed by atoms with E-state index in [1.54, 1.807) is 78.7 Å². The SMILES string of the molecule is CN1Cc2cc(NC(=C[N+](=O)[O-])Nc3ccc(Cl)cc3)ccc2C1C(=O)NC(Cc1ccc(CCC(=O)O)cc1)C(=O)O. The highest BCUT2D eigenvalue weighted by atomic mass is 35.5. The molecule has 5 N–H and O–H groups in total. The van der Waals surface area contributed by atoms with Gasteiger partial charge >= 0.3 is 11.9 Å². The van der Waals surface area contributed by atoms with Gasteiger partial charge in [0.25, 0.3) is 6.20 Å². The van der Waals surface area contributed by atoms with Crippen molar-refractivity contribution in [2.45, 2.75) is 37.9 Å². The maximum Gasteiger partial charge on any atom is 0.326 e. The minimum atomic E-state index is -1.18. The third-order valence-corrected chi connectivity index (χ3v) is 7.14. The van der Waals surface area contributed by atoms with Crippen LogP contribution in [0, 0.1) is 10.1 Å². The molecule has 43 heavy (non-hydrogen) atoms. The second-order valence-electron chi connectivity index (χ2n) is 10.1. The van der Waals surface area contributed by atoms with Crippen molar-refractivity contribution in [1.82, 2.24) is 10.2 Å². The van der Waals surface area contributed by atoms with Gasteiger partial charge in [0.1, 0.15) is 12.1 Å². The lowest BCUT2D eigenvalue weighted by molar-refractivity contribution is -0.403. The van der Waals surface area contributed by atoms with Crippen LogP contribution in [0.3, 0.4) is 0 Å². The van der Waals surface area contributed by atoms with Gasteiger partial charge in [-0.25, -0.2) is 4.79 Å². The number of nitrogens with one attached hydrogen (secondary N) is 3. The molecule has 0 aromatic heterocycles. The highest BCUT2D eigenvalue weighted by Crippen LogP contribution is 2.34. The predicted molar refractivity (Wildman–Crippen MR) is 160 cm³/mol. The van der Waals surface area contributed by atoms with Crippen LogP contribution in [0.25, 0.3) is 0 Å². The van der Waals surface area contributed by atoms with Crippen LogP contribution in [0.5, 0.6) is 0 Å². The number of carbonyl (C=O) groups is 3. The number of carboxylic acids is 2. The lowest BCUT2D eigenvalue weighted by Crippen LogP contribution is -2.46. The van der Waals surface area contributed by atoms with E-state index in [1.807, 2.05) is 0 Å². The summed E-state index contributed by atoms with van der Waals surface area (Å²) in [5.74, 6) is -2.42. The Balaban J connectivity index is 1.44. The molecule has 3 aromatic rings. The molecular weight excluding hydrogens is 578 g/mol. The standard InChI is InChI=1S/C30H30ClN5O7/c1-35-16-20-15-23(33-26(17-36(42)43)32-22-9-7-21(31)8-10-22)11-12-24(20)28(35)29(39)34-25(30(40)41)14-19-4-2-18(3-5-19)6-13-27(37)38/h2-5,7-12,15,17,25,28,32-33H,6,13-14,16H2,1H3,(H,34,39)(H,37,38)(H,40,41). The quantitative estimate of drug-likeness (QED) is 0.139. The van der Waals surface area contributed by atoms with Gasteiger partial charge in [0, 0.05) is 35.8 Å². The van der Waals surface area contributed by atoms with Crippen molar-refractivity contribution in [3.8, 4) is 0 Å². The van der Waals surface area contributed by atoms with Gasteiger partial charge < -0.3 is 26.2 Å². The lowest BCUT2D eigenvalue weighted by Gasteiger charge is -2.23. The van der Waals surface area contributed by atoms with Crippen LogP contribution in [-0.4, -0.2) is 51.0 Å². The number of nitro groups is 1. The molecule has 12 nitrogen and oxygen atoms in total. The summed E-state index contributed by atoms with van der Waals surface area (Å²) < 4.78 is 0. The first kappa shape index (κ1) is 31.0. The zero-order chi connectivity index (χ0) is 31.1. The Labute approximate surface area is 252 Å². The number of aryl methyl sites for hydroxylation is 1. The van der Waals surface area contributed by atoms with Crippen molar-refractivity contribution in [3.63, 3.8) is 0 Å². The third kappa shape index (κ3) is 8.53. The Morgan fingerprint density at radius 1 is 1.02 bits per heavy atom. The summed E-state index contributed by atoms with van der Waals surface area (Å²) in [5.41, 5.74) is 4.16. The molecule has 0 aliphatic carbocycles. The molecular formula is C30H30ClN5O7. The fraction of sp³-hybridized carbons (Fsp3) is 0.233. The topological polar surface area (TPSA) is 174 Å². The summed E-state index contributed by atoms with van der Waals surface area (Å²) in [6.07, 6.45) is 1.22. The van der Waals surface area contributed by atoms with Gasteiger partial charge in [-0.15, -0.1) is 0 Å². The number of anilines is 2. The van der Waals surface area contributed by atoms with E-state index in [2.05, 4.69) is 16.0 Å². The number of aliphatic carboxylic acids is 2. The van der Waals surface area contributed by atoms with Crippen LogP contribution in [0.4, 0.5) is 11.4 Å². The molecule has 0 saturated carbocycles. The number of carbonyl (C=O) groups excluding carboxylic acids is 1. The van der Waals surface area contributed by atoms with E-state index in [9.17, 15) is 29.6 Å². The number of nitrogens with zero attached hydrogens (tertiary/aromatic N) is 2. The Bertz CT molecular complexity index is 1540. The number of fused-ring (bicyclic) bond motifs is 1. The van der Waals surface area contributed by atoms with Crippen molar-refractivity contribution >= 4 is 40.8 Å². The molecule has 1 aliphatic heterocycles. The fourth-order valence-electron chi connectivity index (χ4n) is 4.85. The predicted octanol–water partition coefficient (Wildman–Crippen LogP) is 4.26. The maximum absolute atomic E-state index is 13.3. The Kier molecular flexibility index (Phi) is 9.96. The van der Waals surface area contributed by atoms with Gasteiger partial charge in [0.2, 0.25) is 5.91 Å². The minimum Gasteiger partial charge on any atom is -0.481 e. The van der Waals surface area contributed by atoms with Crippen LogP contribution in [0.2, 0.25) is 5.02 Å². The second kappa shape index (κ2) is 13.8. The molecule has 0 fully saturated rings. The average molecular weight is 608 g/mol. The molecule has 1 heterocycles. The summed E-state index contributed by atoms with van der Waals surface area (Å²) in [6.45, 7) is 0.400. The zero-order valence-electron chi connectivity index (χ0n) is 23.1. The molecule has 1 aliphatic rings. The maximum atomic E-state index is 13.3. The van der Waals surface area contributed by atoms with Gasteiger partial charge in [-0.3, -0.25) is 24.6 Å². The van der Waals surface area contributed by atoms with Crippen LogP contribution >= 0.6 is 11.6 Å². The van der Waals surface area contributed by atoms with Crippen LogP contribution < -0.4 is 16.0 Å². The summed E-state index contributed by atoms with van der Waals surface area (Å²) in [7, 11) is 1.75. The Morgan fingerprint density at radius 2 is 1.65 bits per heavy atom. The molecule has 2 unspecified atom stereocenters. The smallest absolute Gasteiger partial charge is 0.326 e. The van der Waals surface area contributed by atoms with Gasteiger partial charge in [-0.2, -0.15) is 0 Å². The van der Waals surface area contributed by atoms with E-state index in [0.717, 1.165) is 17.3 Å². The number of amides is 1. The van der Waals surface area contributed by atoms with E-state index >= 15 is 0 Å². The number of carboxylic acid groups (broad SMARTS) is 2. The number of rotatable bonds is 13. The normalized spacial score (nSPS) is 15.3. The summed E-state index contributed by atoms with van der Waals surface area (Å²) in [4.78, 5) is 48.6. The zero-order valence-corrected chi connectivity index (χ0v) is 23.9. The second-order valence-corrected chi connectivity index (χ2v) is 10.6. The number of hydrogen-bond acceptors (Lipinski definition) is 8. The van der Waals surface area contributed by atoms with Crippen molar-refractivity contribution in [3.05, 3.63) is 116 Å². The summed E-state index contributed by atoms with van der Waals surface area (Å²) >= 11 is 5.92. The largest absolute Gasteiger partial charge is 0.481 e. The lowest BCUT2D eigenvalue weighted by atomic mass is 10.0. The van der Waals surface area contributed by atoms with Crippen LogP contribution in [0.15, 0.2) is 78.8 Å². The van der Waals surface area contributed by atoms with Crippen molar-refractivity contribution in [2.75, 3.05) is 17.7 Å². The van der Waals surface area contributed by atoms with Gasteiger partial charge in [0.05, 0.1) is 4.92 Å². The highest BCUT2D eigenvalue weighted by molar-refractivity contribution is 6.30. The average Bonchev–Trinajstić information content (AvgIpc) is 3.28. The molecule has 13 heteroatoms. The fourth-order valence-corrected chi connectivity index (χ4v) is 4.98. The van der Waals surface area contributed by atoms with Gasteiger partial charge in [-0.05, 0) is 72.1 Å².